The van der Waals surface area contributed by atoms with Crippen LogP contribution in [0.1, 0.15) is 24.8 Å². The van der Waals surface area contributed by atoms with E-state index in [4.69, 9.17) is 17.3 Å². The Morgan fingerprint density at radius 3 is 2.86 bits per heavy atom. The number of nitrogens with two attached hydrogens (primary N) is 1. The lowest BCUT2D eigenvalue weighted by molar-refractivity contribution is 0.309. The molecule has 3 rings (SSSR count). The fourth-order valence-electron chi connectivity index (χ4n) is 3.37. The minimum absolute atomic E-state index is 0.0113. The van der Waals surface area contributed by atoms with Crippen molar-refractivity contribution in [2.45, 2.75) is 42.8 Å². The van der Waals surface area contributed by atoms with Crippen LogP contribution in [-0.4, -0.2) is 38.5 Å². The molecule has 0 saturated carbocycles. The molecule has 1 aromatic carbocycles. The van der Waals surface area contributed by atoms with Crippen LogP contribution in [-0.2, 0) is 16.6 Å². The van der Waals surface area contributed by atoms with Crippen molar-refractivity contribution in [1.29, 1.82) is 0 Å². The third-order valence-electron chi connectivity index (χ3n) is 4.43. The maximum absolute atomic E-state index is 12.6. The molecule has 1 aromatic rings. The van der Waals surface area contributed by atoms with Gasteiger partial charge in [0.25, 0.3) is 0 Å². The quantitative estimate of drug-likeness (QED) is 0.873. The van der Waals surface area contributed by atoms with Gasteiger partial charge in [-0.25, -0.2) is 13.1 Å². The fourth-order valence-corrected chi connectivity index (χ4v) is 5.24. The first-order valence-electron chi connectivity index (χ1n) is 7.26. The largest absolute Gasteiger partial charge is 0.326 e. The predicted molar refractivity (Wildman–Crippen MR) is 82.7 cm³/mol. The maximum atomic E-state index is 12.6. The van der Waals surface area contributed by atoms with Gasteiger partial charge in [-0.05, 0) is 43.5 Å². The van der Waals surface area contributed by atoms with Gasteiger partial charge >= 0.3 is 0 Å². The summed E-state index contributed by atoms with van der Waals surface area (Å²) in [6.07, 6.45) is 3.07. The van der Waals surface area contributed by atoms with E-state index in [2.05, 4.69) is 9.62 Å². The van der Waals surface area contributed by atoms with Crippen LogP contribution in [0.3, 0.4) is 0 Å². The van der Waals surface area contributed by atoms with E-state index in [0.29, 0.717) is 12.6 Å². The summed E-state index contributed by atoms with van der Waals surface area (Å²) in [7, 11) is -3.59. The molecule has 0 spiro atoms. The smallest absolute Gasteiger partial charge is 0.242 e. The van der Waals surface area contributed by atoms with Gasteiger partial charge in [-0.2, -0.15) is 0 Å². The molecule has 2 heterocycles. The van der Waals surface area contributed by atoms with Gasteiger partial charge in [0.15, 0.2) is 0 Å². The summed E-state index contributed by atoms with van der Waals surface area (Å²) in [5, 5.41) is 0.228. The Hall–Kier alpha value is -0.660. The van der Waals surface area contributed by atoms with Crippen molar-refractivity contribution in [1.82, 2.24) is 9.62 Å². The molecule has 116 valence electrons. The van der Waals surface area contributed by atoms with E-state index in [1.54, 1.807) is 12.1 Å². The van der Waals surface area contributed by atoms with Crippen LogP contribution in [0.4, 0.5) is 0 Å². The molecule has 0 amide bonds. The van der Waals surface area contributed by atoms with E-state index in [1.807, 2.05) is 0 Å². The third-order valence-corrected chi connectivity index (χ3v) is 6.41. The van der Waals surface area contributed by atoms with Crippen LogP contribution < -0.4 is 10.5 Å². The molecule has 5 nitrogen and oxygen atoms in total. The van der Waals surface area contributed by atoms with E-state index in [9.17, 15) is 8.42 Å². The number of nitrogens with zero attached hydrogens (tertiary/aromatic N) is 1. The lowest BCUT2D eigenvalue weighted by Crippen LogP contribution is -2.42. The SMILES string of the molecule is NCc1ccc(S(=O)(=O)NC2CCN3CCCC23)c(Cl)c1. The van der Waals surface area contributed by atoms with Gasteiger partial charge in [0.05, 0.1) is 5.02 Å². The molecule has 2 fully saturated rings. The molecule has 2 aliphatic rings. The predicted octanol–water partition coefficient (Wildman–Crippen LogP) is 1.31. The van der Waals surface area contributed by atoms with Gasteiger partial charge in [0, 0.05) is 25.2 Å². The summed E-state index contributed by atoms with van der Waals surface area (Å²) in [4.78, 5) is 2.50. The molecule has 2 unspecified atom stereocenters. The zero-order valence-corrected chi connectivity index (χ0v) is 13.3. The number of halogens is 1. The van der Waals surface area contributed by atoms with Gasteiger partial charge in [0.1, 0.15) is 4.90 Å². The second kappa shape index (κ2) is 5.85. The number of sulfonamides is 1. The Balaban J connectivity index is 1.81. The number of benzene rings is 1. The third kappa shape index (κ3) is 2.96. The highest BCUT2D eigenvalue weighted by Gasteiger charge is 2.39. The monoisotopic (exact) mass is 329 g/mol. The summed E-state index contributed by atoms with van der Waals surface area (Å²) in [6, 6.07) is 5.18. The minimum Gasteiger partial charge on any atom is -0.326 e. The average molecular weight is 330 g/mol. The molecule has 0 bridgehead atoms. The van der Waals surface area contributed by atoms with Crippen LogP contribution in [0.25, 0.3) is 0 Å². The molecule has 2 saturated heterocycles. The van der Waals surface area contributed by atoms with Crippen molar-refractivity contribution in [3.05, 3.63) is 28.8 Å². The van der Waals surface area contributed by atoms with Crippen molar-refractivity contribution in [3.63, 3.8) is 0 Å². The number of rotatable bonds is 4. The Bertz CT molecular complexity index is 635. The first kappa shape index (κ1) is 15.2. The second-order valence-corrected chi connectivity index (χ2v) is 7.82. The van der Waals surface area contributed by atoms with Crippen LogP contribution in [0.2, 0.25) is 5.02 Å². The first-order chi connectivity index (χ1) is 10.0. The van der Waals surface area contributed by atoms with Gasteiger partial charge in [-0.1, -0.05) is 17.7 Å². The van der Waals surface area contributed by atoms with Gasteiger partial charge in [-0.3, -0.25) is 4.90 Å². The number of fused-ring (bicyclic) bond motifs is 1. The van der Waals surface area contributed by atoms with Crippen molar-refractivity contribution in [3.8, 4) is 0 Å². The van der Waals surface area contributed by atoms with Crippen molar-refractivity contribution in [2.75, 3.05) is 13.1 Å². The molecule has 3 N–H and O–H groups in total. The van der Waals surface area contributed by atoms with Gasteiger partial charge < -0.3 is 5.73 Å². The average Bonchev–Trinajstić information content (AvgIpc) is 3.03. The zero-order valence-electron chi connectivity index (χ0n) is 11.8. The Morgan fingerprint density at radius 2 is 2.14 bits per heavy atom. The van der Waals surface area contributed by atoms with E-state index >= 15 is 0 Å². The standard InChI is InChI=1S/C14H20ClN3O2S/c15-11-8-10(9-16)3-4-14(11)21(19,20)17-12-5-7-18-6-1-2-13(12)18/h3-4,8,12-13,17H,1-2,5-7,9,16H2. The highest BCUT2D eigenvalue weighted by atomic mass is 35.5. The Morgan fingerprint density at radius 1 is 1.33 bits per heavy atom. The summed E-state index contributed by atoms with van der Waals surface area (Å²) >= 11 is 6.10. The summed E-state index contributed by atoms with van der Waals surface area (Å²) in [6.45, 7) is 2.39. The van der Waals surface area contributed by atoms with Crippen molar-refractivity contribution in [2.24, 2.45) is 5.73 Å². The summed E-state index contributed by atoms with van der Waals surface area (Å²) in [5.74, 6) is 0. The second-order valence-electron chi connectivity index (χ2n) is 5.73. The highest BCUT2D eigenvalue weighted by molar-refractivity contribution is 7.89. The van der Waals surface area contributed by atoms with E-state index < -0.39 is 10.0 Å². The molecular formula is C14H20ClN3O2S. The van der Waals surface area contributed by atoms with E-state index in [0.717, 1.165) is 37.9 Å². The molecule has 7 heteroatoms. The summed E-state index contributed by atoms with van der Waals surface area (Å²) in [5.41, 5.74) is 6.36. The maximum Gasteiger partial charge on any atom is 0.242 e. The fraction of sp³-hybridized carbons (Fsp3) is 0.571. The van der Waals surface area contributed by atoms with Crippen LogP contribution >= 0.6 is 11.6 Å². The van der Waals surface area contributed by atoms with Crippen LogP contribution in [0.15, 0.2) is 23.1 Å². The molecule has 2 atom stereocenters. The molecule has 21 heavy (non-hydrogen) atoms. The lowest BCUT2D eigenvalue weighted by atomic mass is 10.1. The molecule has 0 aromatic heterocycles. The topological polar surface area (TPSA) is 75.4 Å². The normalized spacial score (nSPS) is 26.2. The molecule has 2 aliphatic heterocycles. The van der Waals surface area contributed by atoms with E-state index in [1.165, 1.54) is 6.07 Å². The van der Waals surface area contributed by atoms with Crippen LogP contribution in [0, 0.1) is 0 Å². The zero-order chi connectivity index (χ0) is 15.0. The summed E-state index contributed by atoms with van der Waals surface area (Å²) < 4.78 is 27.9. The highest BCUT2D eigenvalue weighted by Crippen LogP contribution is 2.30. The lowest BCUT2D eigenvalue weighted by Gasteiger charge is -2.21. The van der Waals surface area contributed by atoms with Gasteiger partial charge in [-0.15, -0.1) is 0 Å². The minimum atomic E-state index is -3.59. The Kier molecular flexibility index (Phi) is 4.25. The van der Waals surface area contributed by atoms with Crippen LogP contribution in [0.5, 0.6) is 0 Å². The van der Waals surface area contributed by atoms with Crippen molar-refractivity contribution < 1.29 is 8.42 Å². The number of nitrogens with one attached hydrogen (secondary N) is 1. The van der Waals surface area contributed by atoms with Gasteiger partial charge in [0.2, 0.25) is 10.0 Å². The Labute approximate surface area is 130 Å². The van der Waals surface area contributed by atoms with Crippen molar-refractivity contribution >= 4 is 21.6 Å². The number of hydrogen-bond donors (Lipinski definition) is 2. The molecular weight excluding hydrogens is 310 g/mol. The molecule has 0 aliphatic carbocycles. The number of hydrogen-bond acceptors (Lipinski definition) is 4. The first-order valence-corrected chi connectivity index (χ1v) is 9.12. The molecule has 0 radical (unpaired) electrons. The van der Waals surface area contributed by atoms with E-state index in [-0.39, 0.29) is 16.0 Å².